The topological polar surface area (TPSA) is 35.5 Å². The average molecular weight is 273 g/mol. The summed E-state index contributed by atoms with van der Waals surface area (Å²) < 4.78 is 24.2. The highest BCUT2D eigenvalue weighted by Crippen LogP contribution is 2.33. The molecule has 2 rings (SSSR count). The lowest BCUT2D eigenvalue weighted by molar-refractivity contribution is 0.107. The maximum Gasteiger partial charge on any atom is 0.252 e. The molecule has 0 bridgehead atoms. The largest absolute Gasteiger partial charge is 0.493 e. The average Bonchev–Trinajstić information content (AvgIpc) is 2.75. The summed E-state index contributed by atoms with van der Waals surface area (Å²) in [6.45, 7) is 0. The van der Waals surface area contributed by atoms with Crippen LogP contribution < -0.4 is 9.47 Å². The van der Waals surface area contributed by atoms with E-state index in [0.29, 0.717) is 29.9 Å². The van der Waals surface area contributed by atoms with Crippen LogP contribution >= 0.6 is 11.6 Å². The van der Waals surface area contributed by atoms with Gasteiger partial charge in [0.15, 0.2) is 11.5 Å². The molecule has 1 fully saturated rings. The molecule has 0 radical (unpaired) electrons. The van der Waals surface area contributed by atoms with Crippen molar-refractivity contribution in [3.05, 3.63) is 23.8 Å². The molecule has 0 amide bonds. The van der Waals surface area contributed by atoms with Crippen LogP contribution in [0.4, 0.5) is 4.39 Å². The van der Waals surface area contributed by atoms with E-state index in [1.165, 1.54) is 13.2 Å². The lowest BCUT2D eigenvalue weighted by Crippen LogP contribution is -2.22. The fraction of sp³-hybridized carbons (Fsp3) is 0.462. The predicted molar refractivity (Wildman–Crippen MR) is 66.3 cm³/mol. The number of alkyl halides is 1. The molecule has 1 aliphatic rings. The predicted octanol–water partition coefficient (Wildman–Crippen LogP) is 3.34. The molecule has 0 saturated heterocycles. The highest BCUT2D eigenvalue weighted by atomic mass is 35.5. The zero-order valence-corrected chi connectivity index (χ0v) is 10.7. The molecule has 2 atom stereocenters. The molecule has 98 valence electrons. The highest BCUT2D eigenvalue weighted by molar-refractivity contribution is 6.67. The summed E-state index contributed by atoms with van der Waals surface area (Å²) in [6, 6.07) is 4.62. The van der Waals surface area contributed by atoms with Crippen molar-refractivity contribution in [1.82, 2.24) is 0 Å². The maximum atomic E-state index is 13.5. The third-order valence-electron chi connectivity index (χ3n) is 3.04. The molecule has 1 saturated carbocycles. The van der Waals surface area contributed by atoms with Crippen LogP contribution in [-0.4, -0.2) is 24.6 Å². The van der Waals surface area contributed by atoms with E-state index in [1.54, 1.807) is 12.1 Å². The van der Waals surface area contributed by atoms with Gasteiger partial charge in [-0.1, -0.05) is 0 Å². The van der Waals surface area contributed by atoms with Gasteiger partial charge in [0.05, 0.1) is 7.11 Å². The standard InChI is InChI=1S/C13H14ClFO3/c1-17-11-6-5-8(13(14)16)7-12(11)18-10-4-2-3-9(10)15/h5-7,9-10H,2-4H2,1H3. The molecule has 2 unspecified atom stereocenters. The summed E-state index contributed by atoms with van der Waals surface area (Å²) in [6.07, 6.45) is 0.553. The van der Waals surface area contributed by atoms with Crippen LogP contribution in [0.15, 0.2) is 18.2 Å². The number of ether oxygens (including phenoxy) is 2. The maximum absolute atomic E-state index is 13.5. The van der Waals surface area contributed by atoms with E-state index in [2.05, 4.69) is 0 Å². The molecule has 0 N–H and O–H groups in total. The van der Waals surface area contributed by atoms with Crippen LogP contribution in [0.3, 0.4) is 0 Å². The van der Waals surface area contributed by atoms with Gasteiger partial charge >= 0.3 is 0 Å². The van der Waals surface area contributed by atoms with Crippen LogP contribution in [-0.2, 0) is 0 Å². The van der Waals surface area contributed by atoms with E-state index >= 15 is 0 Å². The Labute approximate surface area is 110 Å². The normalized spacial score (nSPS) is 22.8. The molecule has 0 aliphatic heterocycles. The first-order chi connectivity index (χ1) is 8.61. The van der Waals surface area contributed by atoms with Crippen molar-refractivity contribution in [1.29, 1.82) is 0 Å². The molecule has 1 aliphatic carbocycles. The van der Waals surface area contributed by atoms with Gasteiger partial charge in [0.25, 0.3) is 5.24 Å². The Morgan fingerprint density at radius 3 is 2.72 bits per heavy atom. The second kappa shape index (κ2) is 5.57. The Hall–Kier alpha value is -1.29. The quantitative estimate of drug-likeness (QED) is 0.789. The van der Waals surface area contributed by atoms with Crippen LogP contribution in [0.5, 0.6) is 11.5 Å². The van der Waals surface area contributed by atoms with Gasteiger partial charge in [0.2, 0.25) is 0 Å². The van der Waals surface area contributed by atoms with Crippen molar-refractivity contribution in [3.8, 4) is 11.5 Å². The zero-order chi connectivity index (χ0) is 13.1. The van der Waals surface area contributed by atoms with Crippen molar-refractivity contribution in [2.45, 2.75) is 31.5 Å². The minimum absolute atomic E-state index is 0.306. The van der Waals surface area contributed by atoms with Gasteiger partial charge < -0.3 is 9.47 Å². The van der Waals surface area contributed by atoms with Gasteiger partial charge in [-0.3, -0.25) is 4.79 Å². The molecule has 5 heteroatoms. The molecule has 18 heavy (non-hydrogen) atoms. The van der Waals surface area contributed by atoms with Crippen LogP contribution in [0.2, 0.25) is 0 Å². The van der Waals surface area contributed by atoms with Crippen molar-refractivity contribution in [3.63, 3.8) is 0 Å². The Morgan fingerprint density at radius 1 is 1.39 bits per heavy atom. The molecule has 0 heterocycles. The molecule has 1 aromatic carbocycles. The number of carbonyl (C=O) groups excluding carboxylic acids is 1. The molecule has 0 spiro atoms. The van der Waals surface area contributed by atoms with E-state index in [0.717, 1.165) is 6.42 Å². The minimum Gasteiger partial charge on any atom is -0.493 e. The van der Waals surface area contributed by atoms with Crippen LogP contribution in [0, 0.1) is 0 Å². The molecule has 1 aromatic rings. The Balaban J connectivity index is 2.23. The van der Waals surface area contributed by atoms with Crippen LogP contribution in [0.25, 0.3) is 0 Å². The third-order valence-corrected chi connectivity index (χ3v) is 3.26. The Bertz CT molecular complexity index is 450. The van der Waals surface area contributed by atoms with Crippen molar-refractivity contribution >= 4 is 16.8 Å². The smallest absolute Gasteiger partial charge is 0.252 e. The van der Waals surface area contributed by atoms with Gasteiger partial charge in [0, 0.05) is 5.56 Å². The van der Waals surface area contributed by atoms with E-state index in [1.807, 2.05) is 0 Å². The lowest BCUT2D eigenvalue weighted by Gasteiger charge is -2.18. The fourth-order valence-corrected chi connectivity index (χ4v) is 2.19. The molecule has 3 nitrogen and oxygen atoms in total. The van der Waals surface area contributed by atoms with E-state index < -0.39 is 17.5 Å². The summed E-state index contributed by atoms with van der Waals surface area (Å²) in [5.74, 6) is 0.828. The van der Waals surface area contributed by atoms with Crippen molar-refractivity contribution < 1.29 is 18.7 Å². The number of rotatable bonds is 4. The van der Waals surface area contributed by atoms with Gasteiger partial charge in [-0.15, -0.1) is 0 Å². The number of methoxy groups -OCH3 is 1. The highest BCUT2D eigenvalue weighted by Gasteiger charge is 2.29. The summed E-state index contributed by atoms with van der Waals surface area (Å²) in [5, 5.41) is -0.578. The van der Waals surface area contributed by atoms with Gasteiger partial charge in [-0.25, -0.2) is 4.39 Å². The number of carbonyl (C=O) groups is 1. The monoisotopic (exact) mass is 272 g/mol. The van der Waals surface area contributed by atoms with E-state index in [-0.39, 0.29) is 0 Å². The Kier molecular flexibility index (Phi) is 4.07. The van der Waals surface area contributed by atoms with Crippen molar-refractivity contribution in [2.75, 3.05) is 7.11 Å². The lowest BCUT2D eigenvalue weighted by atomic mass is 10.2. The number of halogens is 2. The summed E-state index contributed by atoms with van der Waals surface area (Å²) in [5.41, 5.74) is 0.306. The first-order valence-electron chi connectivity index (χ1n) is 5.80. The summed E-state index contributed by atoms with van der Waals surface area (Å²) in [4.78, 5) is 11.1. The third kappa shape index (κ3) is 2.75. The number of hydrogen-bond donors (Lipinski definition) is 0. The number of hydrogen-bond acceptors (Lipinski definition) is 3. The second-order valence-electron chi connectivity index (χ2n) is 4.24. The molecular formula is C13H14ClFO3. The first kappa shape index (κ1) is 13.1. The van der Waals surface area contributed by atoms with Crippen molar-refractivity contribution in [2.24, 2.45) is 0 Å². The minimum atomic E-state index is -0.968. The Morgan fingerprint density at radius 2 is 2.17 bits per heavy atom. The fourth-order valence-electron chi connectivity index (χ4n) is 2.07. The number of benzene rings is 1. The van der Waals surface area contributed by atoms with E-state index in [9.17, 15) is 9.18 Å². The van der Waals surface area contributed by atoms with Gasteiger partial charge in [-0.2, -0.15) is 0 Å². The SMILES string of the molecule is COc1ccc(C(=O)Cl)cc1OC1CCCC1F. The first-order valence-corrected chi connectivity index (χ1v) is 6.18. The van der Waals surface area contributed by atoms with Gasteiger partial charge in [-0.05, 0) is 49.1 Å². The zero-order valence-electron chi connectivity index (χ0n) is 9.99. The second-order valence-corrected chi connectivity index (χ2v) is 4.59. The molecule has 0 aromatic heterocycles. The van der Waals surface area contributed by atoms with Crippen LogP contribution in [0.1, 0.15) is 29.6 Å². The summed E-state index contributed by atoms with van der Waals surface area (Å²) >= 11 is 5.41. The van der Waals surface area contributed by atoms with Gasteiger partial charge in [0.1, 0.15) is 12.3 Å². The summed E-state index contributed by atoms with van der Waals surface area (Å²) in [7, 11) is 1.49. The molecular weight excluding hydrogens is 259 g/mol. The van der Waals surface area contributed by atoms with E-state index in [4.69, 9.17) is 21.1 Å².